The van der Waals surface area contributed by atoms with Gasteiger partial charge in [-0.1, -0.05) is 18.2 Å². The minimum Gasteiger partial charge on any atom is -0.345 e. The van der Waals surface area contributed by atoms with Crippen LogP contribution in [0.1, 0.15) is 10.8 Å². The van der Waals surface area contributed by atoms with E-state index >= 15 is 0 Å². The molecule has 4 rings (SSSR count). The highest BCUT2D eigenvalue weighted by Crippen LogP contribution is 2.22. The van der Waals surface area contributed by atoms with E-state index in [0.717, 1.165) is 20.9 Å². The number of fused-ring (bicyclic) bond motifs is 2. The Morgan fingerprint density at radius 2 is 2.04 bits per heavy atom. The number of para-hydroxylation sites is 1. The molecular formula is C17H13N5OS. The van der Waals surface area contributed by atoms with E-state index in [1.807, 2.05) is 53.1 Å². The summed E-state index contributed by atoms with van der Waals surface area (Å²) in [5, 5.41) is 11.7. The first-order chi connectivity index (χ1) is 11.8. The Kier molecular flexibility index (Phi) is 3.76. The number of hydrogen-bond acceptors (Lipinski definition) is 5. The molecule has 0 unspecified atom stereocenters. The van der Waals surface area contributed by atoms with Crippen LogP contribution in [0.25, 0.3) is 21.9 Å². The molecule has 3 aromatic heterocycles. The number of thiazole rings is 1. The van der Waals surface area contributed by atoms with Crippen molar-refractivity contribution in [2.45, 2.75) is 6.54 Å². The lowest BCUT2D eigenvalue weighted by molar-refractivity contribution is -0.116. The van der Waals surface area contributed by atoms with Gasteiger partial charge in [0.05, 0.1) is 16.8 Å². The van der Waals surface area contributed by atoms with Gasteiger partial charge in [0.25, 0.3) is 0 Å². The third-order valence-corrected chi connectivity index (χ3v) is 4.49. The quantitative estimate of drug-likeness (QED) is 0.582. The third kappa shape index (κ3) is 2.89. The van der Waals surface area contributed by atoms with Crippen molar-refractivity contribution in [1.82, 2.24) is 24.9 Å². The molecule has 0 radical (unpaired) electrons. The van der Waals surface area contributed by atoms with Crippen molar-refractivity contribution in [2.24, 2.45) is 0 Å². The summed E-state index contributed by atoms with van der Waals surface area (Å²) in [5.74, 6) is 0.495. The molecule has 4 aromatic rings. The van der Waals surface area contributed by atoms with Gasteiger partial charge in [-0.2, -0.15) is 0 Å². The molecule has 0 saturated heterocycles. The molecule has 0 aliphatic carbocycles. The molecule has 0 bridgehead atoms. The number of nitrogens with one attached hydrogen (secondary N) is 1. The van der Waals surface area contributed by atoms with Crippen LogP contribution in [0.3, 0.4) is 0 Å². The molecule has 1 N–H and O–H groups in total. The lowest BCUT2D eigenvalue weighted by atomic mass is 10.3. The van der Waals surface area contributed by atoms with Crippen LogP contribution in [0, 0.1) is 0 Å². The van der Waals surface area contributed by atoms with Crippen LogP contribution >= 0.6 is 11.3 Å². The highest BCUT2D eigenvalue weighted by Gasteiger charge is 2.05. The van der Waals surface area contributed by atoms with Crippen molar-refractivity contribution < 1.29 is 4.79 Å². The van der Waals surface area contributed by atoms with Crippen molar-refractivity contribution in [1.29, 1.82) is 0 Å². The van der Waals surface area contributed by atoms with Crippen LogP contribution in [-0.2, 0) is 11.3 Å². The molecule has 0 fully saturated rings. The van der Waals surface area contributed by atoms with E-state index in [4.69, 9.17) is 0 Å². The number of nitrogens with zero attached hydrogens (tertiary/aromatic N) is 4. The molecule has 1 amide bonds. The van der Waals surface area contributed by atoms with Crippen LogP contribution in [0.2, 0.25) is 0 Å². The van der Waals surface area contributed by atoms with Crippen molar-refractivity contribution in [3.8, 4) is 0 Å². The van der Waals surface area contributed by atoms with Crippen LogP contribution in [0.5, 0.6) is 0 Å². The Balaban J connectivity index is 1.42. The minimum absolute atomic E-state index is 0.193. The van der Waals surface area contributed by atoms with Crippen LogP contribution in [0.15, 0.2) is 54.7 Å². The molecule has 1 aromatic carbocycles. The van der Waals surface area contributed by atoms with E-state index < -0.39 is 0 Å². The van der Waals surface area contributed by atoms with Gasteiger partial charge >= 0.3 is 0 Å². The van der Waals surface area contributed by atoms with Gasteiger partial charge in [0.2, 0.25) is 5.91 Å². The number of carbonyl (C=O) groups is 1. The maximum Gasteiger partial charge on any atom is 0.244 e. The Hall–Kier alpha value is -3.06. The van der Waals surface area contributed by atoms with Gasteiger partial charge in [0, 0.05) is 12.3 Å². The SMILES string of the molecule is O=C(/C=C/c1nc2ccccc2s1)NCc1nnc2ccccn12. The number of carbonyl (C=O) groups excluding carboxylic acids is 1. The predicted octanol–water partition coefficient (Wildman–Crippen LogP) is 2.67. The van der Waals surface area contributed by atoms with Gasteiger partial charge in [0.15, 0.2) is 11.5 Å². The molecule has 7 heteroatoms. The predicted molar refractivity (Wildman–Crippen MR) is 93.5 cm³/mol. The van der Waals surface area contributed by atoms with Crippen molar-refractivity contribution in [2.75, 3.05) is 0 Å². The number of hydrogen-bond donors (Lipinski definition) is 1. The summed E-state index contributed by atoms with van der Waals surface area (Å²) in [6, 6.07) is 13.6. The molecule has 0 saturated carbocycles. The zero-order valence-electron chi connectivity index (χ0n) is 12.6. The monoisotopic (exact) mass is 335 g/mol. The first-order valence-corrected chi connectivity index (χ1v) is 8.21. The van der Waals surface area contributed by atoms with Crippen molar-refractivity contribution in [3.63, 3.8) is 0 Å². The number of aromatic nitrogens is 4. The average Bonchev–Trinajstić information content (AvgIpc) is 3.21. The fourth-order valence-electron chi connectivity index (χ4n) is 2.34. The fourth-order valence-corrected chi connectivity index (χ4v) is 3.22. The van der Waals surface area contributed by atoms with Gasteiger partial charge in [-0.25, -0.2) is 4.98 Å². The minimum atomic E-state index is -0.193. The Morgan fingerprint density at radius 3 is 2.96 bits per heavy atom. The molecule has 0 atom stereocenters. The standard InChI is InChI=1S/C17H13N5OS/c23-16(8-9-17-19-12-5-1-2-6-13(12)24-17)18-11-15-21-20-14-7-3-4-10-22(14)15/h1-10H,11H2,(H,18,23)/b9-8+. The second kappa shape index (κ2) is 6.21. The number of benzene rings is 1. The van der Waals surface area contributed by atoms with E-state index in [0.29, 0.717) is 12.4 Å². The molecule has 118 valence electrons. The third-order valence-electron chi connectivity index (χ3n) is 3.49. The van der Waals surface area contributed by atoms with Gasteiger partial charge < -0.3 is 5.32 Å². The maximum atomic E-state index is 12.0. The van der Waals surface area contributed by atoms with E-state index in [1.165, 1.54) is 6.08 Å². The van der Waals surface area contributed by atoms with Crippen molar-refractivity contribution in [3.05, 3.63) is 65.6 Å². The molecule has 24 heavy (non-hydrogen) atoms. The largest absolute Gasteiger partial charge is 0.345 e. The summed E-state index contributed by atoms with van der Waals surface area (Å²) in [6.07, 6.45) is 5.08. The van der Waals surface area contributed by atoms with E-state index in [1.54, 1.807) is 17.4 Å². The topological polar surface area (TPSA) is 72.2 Å². The summed E-state index contributed by atoms with van der Waals surface area (Å²) < 4.78 is 2.95. The fraction of sp³-hybridized carbons (Fsp3) is 0.0588. The summed E-state index contributed by atoms with van der Waals surface area (Å²) in [6.45, 7) is 0.314. The number of rotatable bonds is 4. The molecule has 0 aliphatic heterocycles. The van der Waals surface area contributed by atoms with Crippen LogP contribution in [0.4, 0.5) is 0 Å². The van der Waals surface area contributed by atoms with Gasteiger partial charge in [0.1, 0.15) is 5.01 Å². The maximum absolute atomic E-state index is 12.0. The second-order valence-electron chi connectivity index (χ2n) is 5.12. The number of pyridine rings is 1. The first kappa shape index (κ1) is 14.5. The van der Waals surface area contributed by atoms with Crippen LogP contribution in [-0.4, -0.2) is 25.5 Å². The number of amides is 1. The average molecular weight is 335 g/mol. The zero-order valence-corrected chi connectivity index (χ0v) is 13.4. The molecular weight excluding hydrogens is 322 g/mol. The van der Waals surface area contributed by atoms with Crippen LogP contribution < -0.4 is 5.32 Å². The lowest BCUT2D eigenvalue weighted by Gasteiger charge is -2.00. The molecule has 0 spiro atoms. The summed E-state index contributed by atoms with van der Waals surface area (Å²) in [4.78, 5) is 16.4. The molecule has 3 heterocycles. The lowest BCUT2D eigenvalue weighted by Crippen LogP contribution is -2.21. The summed E-state index contributed by atoms with van der Waals surface area (Å²) in [5.41, 5.74) is 1.70. The molecule has 0 aliphatic rings. The smallest absolute Gasteiger partial charge is 0.244 e. The summed E-state index contributed by atoms with van der Waals surface area (Å²) >= 11 is 1.55. The highest BCUT2D eigenvalue weighted by atomic mass is 32.1. The van der Waals surface area contributed by atoms with Gasteiger partial charge in [-0.3, -0.25) is 9.20 Å². The second-order valence-corrected chi connectivity index (χ2v) is 6.18. The van der Waals surface area contributed by atoms with E-state index in [-0.39, 0.29) is 5.91 Å². The highest BCUT2D eigenvalue weighted by molar-refractivity contribution is 7.19. The van der Waals surface area contributed by atoms with Gasteiger partial charge in [-0.05, 0) is 30.3 Å². The zero-order chi connectivity index (χ0) is 16.4. The summed E-state index contributed by atoms with van der Waals surface area (Å²) in [7, 11) is 0. The normalized spacial score (nSPS) is 11.5. The molecule has 6 nitrogen and oxygen atoms in total. The Bertz CT molecular complexity index is 1020. The Morgan fingerprint density at radius 1 is 1.17 bits per heavy atom. The first-order valence-electron chi connectivity index (χ1n) is 7.40. The van der Waals surface area contributed by atoms with Crippen molar-refractivity contribution >= 4 is 39.2 Å². The van der Waals surface area contributed by atoms with Gasteiger partial charge in [-0.15, -0.1) is 21.5 Å². The Labute approximate surface area is 141 Å². The van der Waals surface area contributed by atoms with E-state index in [2.05, 4.69) is 20.5 Å². The van der Waals surface area contributed by atoms with E-state index in [9.17, 15) is 4.79 Å².